The highest BCUT2D eigenvalue weighted by atomic mass is 32.2. The Bertz CT molecular complexity index is 381. The Morgan fingerprint density at radius 1 is 1.50 bits per heavy atom. The predicted octanol–water partition coefficient (Wildman–Crippen LogP) is -0.0279. The zero-order valence-corrected chi connectivity index (χ0v) is 11.6. The highest BCUT2D eigenvalue weighted by molar-refractivity contribution is 7.89. The van der Waals surface area contributed by atoms with Crippen LogP contribution in [0.1, 0.15) is 26.2 Å². The summed E-state index contributed by atoms with van der Waals surface area (Å²) in [5.74, 6) is -0.310. The van der Waals surface area contributed by atoms with Crippen molar-refractivity contribution >= 4 is 16.0 Å². The monoisotopic (exact) mass is 279 g/mol. The number of ether oxygens (including phenoxy) is 1. The van der Waals surface area contributed by atoms with Crippen LogP contribution in [0, 0.1) is 5.92 Å². The highest BCUT2D eigenvalue weighted by Crippen LogP contribution is 2.26. The van der Waals surface area contributed by atoms with Gasteiger partial charge in [-0.25, -0.2) is 8.42 Å². The number of aliphatic hydroxyl groups is 1. The molecule has 2 unspecified atom stereocenters. The van der Waals surface area contributed by atoms with Gasteiger partial charge >= 0.3 is 5.97 Å². The second-order valence-corrected chi connectivity index (χ2v) is 6.66. The summed E-state index contributed by atoms with van der Waals surface area (Å²) in [6.07, 6.45) is 1.11. The third-order valence-electron chi connectivity index (χ3n) is 3.39. The molecule has 1 rings (SSSR count). The van der Waals surface area contributed by atoms with Gasteiger partial charge in [0.1, 0.15) is 0 Å². The van der Waals surface area contributed by atoms with E-state index in [1.807, 2.05) is 6.92 Å². The van der Waals surface area contributed by atoms with E-state index in [0.29, 0.717) is 6.54 Å². The van der Waals surface area contributed by atoms with Gasteiger partial charge in [-0.3, -0.25) is 4.79 Å². The van der Waals surface area contributed by atoms with E-state index in [2.05, 4.69) is 4.74 Å². The van der Waals surface area contributed by atoms with E-state index in [1.165, 1.54) is 11.4 Å². The number of hydrogen-bond donors (Lipinski definition) is 1. The van der Waals surface area contributed by atoms with Crippen LogP contribution in [0.3, 0.4) is 0 Å². The molecule has 1 fully saturated rings. The molecule has 0 aromatic carbocycles. The lowest BCUT2D eigenvalue weighted by molar-refractivity contribution is -0.140. The Labute approximate surface area is 108 Å². The van der Waals surface area contributed by atoms with Crippen LogP contribution < -0.4 is 0 Å². The molecule has 106 valence electrons. The Hall–Kier alpha value is -0.660. The van der Waals surface area contributed by atoms with Crippen LogP contribution in [0.5, 0.6) is 0 Å². The number of methoxy groups -OCH3 is 1. The molecule has 0 radical (unpaired) electrons. The van der Waals surface area contributed by atoms with Crippen LogP contribution in [0.15, 0.2) is 0 Å². The van der Waals surface area contributed by atoms with E-state index in [-0.39, 0.29) is 37.2 Å². The number of hydrogen-bond acceptors (Lipinski definition) is 5. The summed E-state index contributed by atoms with van der Waals surface area (Å²) in [7, 11) is -2.11. The fraction of sp³-hybridized carbons (Fsp3) is 0.909. The zero-order chi connectivity index (χ0) is 13.8. The van der Waals surface area contributed by atoms with E-state index >= 15 is 0 Å². The third kappa shape index (κ3) is 3.66. The van der Waals surface area contributed by atoms with E-state index in [4.69, 9.17) is 0 Å². The predicted molar refractivity (Wildman–Crippen MR) is 66.4 cm³/mol. The van der Waals surface area contributed by atoms with Gasteiger partial charge in [-0.2, -0.15) is 4.31 Å². The van der Waals surface area contributed by atoms with Gasteiger partial charge in [-0.05, 0) is 18.8 Å². The number of carbonyl (C=O) groups is 1. The Balaban J connectivity index is 2.56. The maximum absolute atomic E-state index is 12.1. The van der Waals surface area contributed by atoms with Crippen molar-refractivity contribution in [2.45, 2.75) is 32.2 Å². The molecule has 7 heteroatoms. The zero-order valence-electron chi connectivity index (χ0n) is 10.8. The van der Waals surface area contributed by atoms with Crippen molar-refractivity contribution in [1.82, 2.24) is 4.31 Å². The molecule has 1 aliphatic rings. The quantitative estimate of drug-likeness (QED) is 0.690. The summed E-state index contributed by atoms with van der Waals surface area (Å²) in [6, 6.07) is -0.326. The molecule has 1 heterocycles. The van der Waals surface area contributed by atoms with Crippen LogP contribution in [0.2, 0.25) is 0 Å². The summed E-state index contributed by atoms with van der Waals surface area (Å²) in [6.45, 7) is 2.23. The van der Waals surface area contributed by atoms with Crippen molar-refractivity contribution in [3.63, 3.8) is 0 Å². The Morgan fingerprint density at radius 2 is 2.17 bits per heavy atom. The van der Waals surface area contributed by atoms with Gasteiger partial charge in [0, 0.05) is 13.0 Å². The van der Waals surface area contributed by atoms with Crippen molar-refractivity contribution < 1.29 is 23.1 Å². The minimum absolute atomic E-state index is 0.0781. The molecule has 1 saturated heterocycles. The maximum Gasteiger partial charge on any atom is 0.305 e. The van der Waals surface area contributed by atoms with Gasteiger partial charge in [-0.1, -0.05) is 6.92 Å². The molecule has 1 aliphatic heterocycles. The van der Waals surface area contributed by atoms with Crippen molar-refractivity contribution in [2.24, 2.45) is 5.92 Å². The molecule has 0 bridgehead atoms. The average Bonchev–Trinajstić information content (AvgIpc) is 2.70. The first kappa shape index (κ1) is 15.4. The number of aliphatic hydroxyl groups excluding tert-OH is 1. The SMILES string of the molecule is COC(=O)CCCS(=O)(=O)N1CCC(C)C1CO. The Kier molecular flexibility index (Phi) is 5.55. The second kappa shape index (κ2) is 6.49. The fourth-order valence-electron chi connectivity index (χ4n) is 2.21. The Morgan fingerprint density at radius 3 is 2.72 bits per heavy atom. The number of carbonyl (C=O) groups excluding carboxylic acids is 1. The summed E-state index contributed by atoms with van der Waals surface area (Å²) < 4.78 is 30.0. The van der Waals surface area contributed by atoms with Gasteiger partial charge in [0.15, 0.2) is 0 Å². The lowest BCUT2D eigenvalue weighted by Gasteiger charge is -2.24. The molecular formula is C11H21NO5S. The average molecular weight is 279 g/mol. The van der Waals surface area contributed by atoms with Crippen molar-refractivity contribution in [3.05, 3.63) is 0 Å². The van der Waals surface area contributed by atoms with Crippen LogP contribution in [0.25, 0.3) is 0 Å². The molecule has 1 N–H and O–H groups in total. The second-order valence-electron chi connectivity index (χ2n) is 4.62. The lowest BCUT2D eigenvalue weighted by Crippen LogP contribution is -2.41. The number of sulfonamides is 1. The first-order valence-electron chi connectivity index (χ1n) is 6.09. The van der Waals surface area contributed by atoms with Crippen molar-refractivity contribution in [2.75, 3.05) is 26.0 Å². The van der Waals surface area contributed by atoms with Crippen molar-refractivity contribution in [1.29, 1.82) is 0 Å². The van der Waals surface area contributed by atoms with E-state index in [1.54, 1.807) is 0 Å². The molecule has 0 saturated carbocycles. The standard InChI is InChI=1S/C11H21NO5S/c1-9-5-6-12(10(9)8-13)18(15,16)7-3-4-11(14)17-2/h9-10,13H,3-8H2,1-2H3. The van der Waals surface area contributed by atoms with Gasteiger partial charge in [0.25, 0.3) is 0 Å². The molecule has 2 atom stereocenters. The summed E-state index contributed by atoms with van der Waals surface area (Å²) in [5.41, 5.74) is 0. The highest BCUT2D eigenvalue weighted by Gasteiger charge is 2.37. The molecular weight excluding hydrogens is 258 g/mol. The fourth-order valence-corrected chi connectivity index (χ4v) is 4.02. The third-order valence-corrected chi connectivity index (χ3v) is 5.36. The lowest BCUT2D eigenvalue weighted by atomic mass is 10.0. The van der Waals surface area contributed by atoms with E-state index in [9.17, 15) is 18.3 Å². The first-order valence-corrected chi connectivity index (χ1v) is 7.70. The summed E-state index contributed by atoms with van der Waals surface area (Å²) >= 11 is 0. The van der Waals surface area contributed by atoms with Crippen LogP contribution in [-0.4, -0.2) is 55.9 Å². The van der Waals surface area contributed by atoms with Gasteiger partial charge in [0.05, 0.1) is 25.5 Å². The number of nitrogens with zero attached hydrogens (tertiary/aromatic N) is 1. The smallest absolute Gasteiger partial charge is 0.305 e. The van der Waals surface area contributed by atoms with Crippen LogP contribution in [-0.2, 0) is 19.6 Å². The minimum Gasteiger partial charge on any atom is -0.469 e. The molecule has 6 nitrogen and oxygen atoms in total. The number of rotatable bonds is 6. The largest absolute Gasteiger partial charge is 0.469 e. The van der Waals surface area contributed by atoms with Crippen LogP contribution >= 0.6 is 0 Å². The summed E-state index contributed by atoms with van der Waals surface area (Å²) in [4.78, 5) is 10.9. The molecule has 18 heavy (non-hydrogen) atoms. The van der Waals surface area contributed by atoms with E-state index < -0.39 is 16.0 Å². The molecule has 0 spiro atoms. The van der Waals surface area contributed by atoms with Crippen molar-refractivity contribution in [3.8, 4) is 0 Å². The van der Waals surface area contributed by atoms with Gasteiger partial charge < -0.3 is 9.84 Å². The summed E-state index contributed by atoms with van der Waals surface area (Å²) in [5, 5.41) is 9.24. The molecule has 0 aromatic rings. The van der Waals surface area contributed by atoms with Crippen LogP contribution in [0.4, 0.5) is 0 Å². The van der Waals surface area contributed by atoms with Gasteiger partial charge in [-0.15, -0.1) is 0 Å². The van der Waals surface area contributed by atoms with E-state index in [0.717, 1.165) is 6.42 Å². The van der Waals surface area contributed by atoms with Gasteiger partial charge in [0.2, 0.25) is 10.0 Å². The molecule has 0 amide bonds. The normalized spacial score (nSPS) is 25.3. The first-order chi connectivity index (χ1) is 8.42. The molecule has 0 aliphatic carbocycles. The molecule has 0 aromatic heterocycles. The number of esters is 1. The minimum atomic E-state index is -3.39. The topological polar surface area (TPSA) is 83.9 Å². The maximum atomic E-state index is 12.1.